The first-order valence-corrected chi connectivity index (χ1v) is 8.09. The van der Waals surface area contributed by atoms with Crippen LogP contribution in [0, 0.1) is 10.5 Å². The van der Waals surface area contributed by atoms with Crippen molar-refractivity contribution in [2.24, 2.45) is 0 Å². The molecule has 2 rings (SSSR count). The Morgan fingerprint density at radius 1 is 1.47 bits per heavy atom. The van der Waals surface area contributed by atoms with Gasteiger partial charge in [-0.2, -0.15) is 0 Å². The Morgan fingerprint density at radius 3 is 3.05 bits per heavy atom. The van der Waals surface area contributed by atoms with Crippen molar-refractivity contribution in [2.45, 2.75) is 19.9 Å². The summed E-state index contributed by atoms with van der Waals surface area (Å²) >= 11 is 3.83. The van der Waals surface area contributed by atoms with Gasteiger partial charge in [0.2, 0.25) is 0 Å². The lowest BCUT2D eigenvalue weighted by Crippen LogP contribution is -2.30. The molecular formula is C13H16IN3OS. The second kappa shape index (κ2) is 7.16. The molecule has 6 heteroatoms. The number of aromatic nitrogens is 2. The van der Waals surface area contributed by atoms with Crippen LogP contribution in [-0.4, -0.2) is 22.6 Å². The van der Waals surface area contributed by atoms with Gasteiger partial charge in [-0.25, -0.2) is 4.98 Å². The first kappa shape index (κ1) is 14.7. The molecule has 0 aliphatic carbocycles. The van der Waals surface area contributed by atoms with Crippen LogP contribution in [0.15, 0.2) is 28.6 Å². The summed E-state index contributed by atoms with van der Waals surface area (Å²) < 4.78 is 2.37. The number of nitrogens with one attached hydrogen (secondary N) is 1. The van der Waals surface area contributed by atoms with Gasteiger partial charge in [0.05, 0.1) is 15.6 Å². The van der Waals surface area contributed by atoms with Crippen molar-refractivity contribution in [1.29, 1.82) is 0 Å². The van der Waals surface area contributed by atoms with E-state index < -0.39 is 0 Å². The van der Waals surface area contributed by atoms with Crippen LogP contribution < -0.4 is 10.9 Å². The molecule has 102 valence electrons. The van der Waals surface area contributed by atoms with E-state index in [-0.39, 0.29) is 5.56 Å². The Bertz CT molecular complexity index is 580. The van der Waals surface area contributed by atoms with Crippen LogP contribution in [-0.2, 0) is 13.0 Å². The molecule has 0 unspecified atom stereocenters. The van der Waals surface area contributed by atoms with Gasteiger partial charge in [0, 0.05) is 24.5 Å². The SMILES string of the molecule is Cc1ncn(CCNCCc2cccs2)c(=O)c1I. The molecule has 2 aromatic heterocycles. The van der Waals surface area contributed by atoms with Crippen LogP contribution in [0.25, 0.3) is 0 Å². The van der Waals surface area contributed by atoms with Crippen molar-refractivity contribution >= 4 is 33.9 Å². The van der Waals surface area contributed by atoms with E-state index >= 15 is 0 Å². The highest BCUT2D eigenvalue weighted by Gasteiger charge is 2.04. The molecule has 0 aliphatic rings. The molecule has 2 heterocycles. The molecule has 0 aromatic carbocycles. The number of nitrogens with zero attached hydrogens (tertiary/aromatic N) is 2. The molecule has 2 aromatic rings. The van der Waals surface area contributed by atoms with E-state index in [9.17, 15) is 4.79 Å². The second-order valence-electron chi connectivity index (χ2n) is 4.22. The molecule has 0 aliphatic heterocycles. The van der Waals surface area contributed by atoms with Gasteiger partial charge >= 0.3 is 0 Å². The lowest BCUT2D eigenvalue weighted by Gasteiger charge is -2.07. The molecule has 0 bridgehead atoms. The largest absolute Gasteiger partial charge is 0.315 e. The predicted molar refractivity (Wildman–Crippen MR) is 86.8 cm³/mol. The third kappa shape index (κ3) is 4.12. The topological polar surface area (TPSA) is 46.9 Å². The summed E-state index contributed by atoms with van der Waals surface area (Å²) in [5.74, 6) is 0. The van der Waals surface area contributed by atoms with Gasteiger partial charge in [0.25, 0.3) is 5.56 Å². The van der Waals surface area contributed by atoms with E-state index in [1.54, 1.807) is 22.2 Å². The molecule has 0 amide bonds. The Morgan fingerprint density at radius 2 is 2.32 bits per heavy atom. The van der Waals surface area contributed by atoms with Gasteiger partial charge in [0.15, 0.2) is 0 Å². The van der Waals surface area contributed by atoms with Crippen molar-refractivity contribution in [3.8, 4) is 0 Å². The average Bonchev–Trinajstić information content (AvgIpc) is 2.91. The number of aryl methyl sites for hydroxylation is 1. The third-order valence-corrected chi connectivity index (χ3v) is 4.99. The second-order valence-corrected chi connectivity index (χ2v) is 6.33. The summed E-state index contributed by atoms with van der Waals surface area (Å²) in [4.78, 5) is 17.5. The molecule has 0 radical (unpaired) electrons. The maximum Gasteiger partial charge on any atom is 0.267 e. The van der Waals surface area contributed by atoms with Gasteiger partial charge in [-0.05, 0) is 47.4 Å². The van der Waals surface area contributed by atoms with Gasteiger partial charge < -0.3 is 5.32 Å². The standard InChI is InChI=1S/C13H16IN3OS/c1-10-12(14)13(18)17(9-16-10)7-6-15-5-4-11-3-2-8-19-11/h2-3,8-9,15H,4-7H2,1H3. The van der Waals surface area contributed by atoms with E-state index in [1.165, 1.54) is 4.88 Å². The zero-order valence-electron chi connectivity index (χ0n) is 10.7. The summed E-state index contributed by atoms with van der Waals surface area (Å²) in [6.07, 6.45) is 2.66. The van der Waals surface area contributed by atoms with Crippen molar-refractivity contribution in [1.82, 2.24) is 14.9 Å². The predicted octanol–water partition coefficient (Wildman–Crippen LogP) is 2.05. The minimum Gasteiger partial charge on any atom is -0.315 e. The van der Waals surface area contributed by atoms with E-state index in [0.717, 1.165) is 25.2 Å². The number of halogens is 1. The molecule has 0 saturated heterocycles. The molecule has 4 nitrogen and oxygen atoms in total. The van der Waals surface area contributed by atoms with Crippen LogP contribution >= 0.6 is 33.9 Å². The quantitative estimate of drug-likeness (QED) is 0.608. The van der Waals surface area contributed by atoms with E-state index in [1.807, 2.05) is 6.92 Å². The van der Waals surface area contributed by atoms with Crippen molar-refractivity contribution in [2.75, 3.05) is 13.1 Å². The monoisotopic (exact) mass is 389 g/mol. The Kier molecular flexibility index (Phi) is 5.53. The van der Waals surface area contributed by atoms with E-state index in [0.29, 0.717) is 10.1 Å². The minimum atomic E-state index is 0.0492. The van der Waals surface area contributed by atoms with E-state index in [4.69, 9.17) is 0 Å². The number of hydrogen-bond acceptors (Lipinski definition) is 4. The average molecular weight is 389 g/mol. The molecule has 1 N–H and O–H groups in total. The third-order valence-electron chi connectivity index (χ3n) is 2.81. The van der Waals surface area contributed by atoms with Gasteiger partial charge in [-0.3, -0.25) is 9.36 Å². The Labute approximate surface area is 130 Å². The molecule has 0 saturated carbocycles. The van der Waals surface area contributed by atoms with Gasteiger partial charge in [0.1, 0.15) is 0 Å². The summed E-state index contributed by atoms with van der Waals surface area (Å²) in [5, 5.41) is 5.44. The minimum absolute atomic E-state index is 0.0492. The fourth-order valence-electron chi connectivity index (χ4n) is 1.70. The van der Waals surface area contributed by atoms with Crippen LogP contribution in [0.1, 0.15) is 10.6 Å². The summed E-state index contributed by atoms with van der Waals surface area (Å²) in [6, 6.07) is 4.21. The summed E-state index contributed by atoms with van der Waals surface area (Å²) in [7, 11) is 0. The normalized spacial score (nSPS) is 10.8. The molecule has 0 spiro atoms. The fraction of sp³-hybridized carbons (Fsp3) is 0.385. The highest BCUT2D eigenvalue weighted by atomic mass is 127. The zero-order valence-corrected chi connectivity index (χ0v) is 13.7. The van der Waals surface area contributed by atoms with Crippen LogP contribution in [0.4, 0.5) is 0 Å². The number of hydrogen-bond donors (Lipinski definition) is 1. The zero-order chi connectivity index (χ0) is 13.7. The van der Waals surface area contributed by atoms with Gasteiger partial charge in [-0.1, -0.05) is 6.07 Å². The summed E-state index contributed by atoms with van der Waals surface area (Å²) in [5.41, 5.74) is 0.848. The molecule has 19 heavy (non-hydrogen) atoms. The lowest BCUT2D eigenvalue weighted by molar-refractivity contribution is 0.577. The number of thiophene rings is 1. The maximum absolute atomic E-state index is 11.9. The highest BCUT2D eigenvalue weighted by Crippen LogP contribution is 2.07. The smallest absolute Gasteiger partial charge is 0.267 e. The van der Waals surface area contributed by atoms with Crippen LogP contribution in [0.2, 0.25) is 0 Å². The molecule has 0 atom stereocenters. The first-order valence-electron chi connectivity index (χ1n) is 6.13. The molecule has 0 fully saturated rings. The Hall–Kier alpha value is -0.730. The van der Waals surface area contributed by atoms with E-state index in [2.05, 4.69) is 50.4 Å². The summed E-state index contributed by atoms with van der Waals surface area (Å²) in [6.45, 7) is 4.23. The highest BCUT2D eigenvalue weighted by molar-refractivity contribution is 14.1. The maximum atomic E-state index is 11.9. The van der Waals surface area contributed by atoms with Crippen molar-refractivity contribution < 1.29 is 0 Å². The van der Waals surface area contributed by atoms with Crippen LogP contribution in [0.3, 0.4) is 0 Å². The number of rotatable bonds is 6. The van der Waals surface area contributed by atoms with Crippen molar-refractivity contribution in [3.63, 3.8) is 0 Å². The first-order chi connectivity index (χ1) is 9.18. The van der Waals surface area contributed by atoms with Crippen molar-refractivity contribution in [3.05, 3.63) is 48.3 Å². The lowest BCUT2D eigenvalue weighted by atomic mass is 10.3. The fourth-order valence-corrected chi connectivity index (χ4v) is 2.85. The Balaban J connectivity index is 1.77. The van der Waals surface area contributed by atoms with Gasteiger partial charge in [-0.15, -0.1) is 11.3 Å². The molecular weight excluding hydrogens is 373 g/mol. The van der Waals surface area contributed by atoms with Crippen LogP contribution in [0.5, 0.6) is 0 Å².